The molecule has 0 bridgehead atoms. The molecule has 1 fully saturated rings. The van der Waals surface area contributed by atoms with Crippen molar-refractivity contribution in [2.45, 2.75) is 23.8 Å². The number of anilines is 1. The number of nitriles is 1. The van der Waals surface area contributed by atoms with Gasteiger partial charge in [0.05, 0.1) is 28.2 Å². The Hall–Kier alpha value is -2.57. The number of hydrogen-bond acceptors (Lipinski definition) is 5. The number of methoxy groups -OCH3 is 1. The lowest BCUT2D eigenvalue weighted by Crippen LogP contribution is -2.33. The van der Waals surface area contributed by atoms with E-state index < -0.39 is 10.0 Å². The molecule has 0 aromatic heterocycles. The Kier molecular flexibility index (Phi) is 5.91. The summed E-state index contributed by atoms with van der Waals surface area (Å²) in [5.74, 6) is 0.237. The topological polar surface area (TPSA) is 99.5 Å². The molecule has 2 aromatic rings. The first-order valence-corrected chi connectivity index (χ1v) is 10.8. The third-order valence-electron chi connectivity index (χ3n) is 4.28. The van der Waals surface area contributed by atoms with Gasteiger partial charge in [0.2, 0.25) is 0 Å². The molecular formula is C19H18BrN3O4S. The van der Waals surface area contributed by atoms with Gasteiger partial charge in [-0.3, -0.25) is 9.52 Å². The monoisotopic (exact) mass is 463 g/mol. The average molecular weight is 464 g/mol. The van der Waals surface area contributed by atoms with Crippen LogP contribution < -0.4 is 9.46 Å². The van der Waals surface area contributed by atoms with Crippen LogP contribution in [0.5, 0.6) is 5.75 Å². The summed E-state index contributed by atoms with van der Waals surface area (Å²) >= 11 is 3.32. The molecule has 2 aromatic carbocycles. The van der Waals surface area contributed by atoms with E-state index in [1.807, 2.05) is 6.07 Å². The van der Waals surface area contributed by atoms with Gasteiger partial charge in [0, 0.05) is 11.6 Å². The van der Waals surface area contributed by atoms with Gasteiger partial charge in [-0.1, -0.05) is 6.07 Å². The first kappa shape index (κ1) is 20.2. The Bertz CT molecular complexity index is 1050. The van der Waals surface area contributed by atoms with Crippen LogP contribution in [0.4, 0.5) is 5.69 Å². The van der Waals surface area contributed by atoms with Crippen LogP contribution in [0.3, 0.4) is 0 Å². The highest BCUT2D eigenvalue weighted by molar-refractivity contribution is 9.10. The molecule has 3 rings (SSSR count). The Labute approximate surface area is 172 Å². The van der Waals surface area contributed by atoms with Crippen LogP contribution in [0.15, 0.2) is 51.8 Å². The van der Waals surface area contributed by atoms with Crippen LogP contribution in [0.1, 0.15) is 23.2 Å². The molecule has 146 valence electrons. The number of ether oxygens (including phenoxy) is 1. The summed E-state index contributed by atoms with van der Waals surface area (Å²) < 4.78 is 33.7. The van der Waals surface area contributed by atoms with Gasteiger partial charge in [-0.2, -0.15) is 5.26 Å². The summed E-state index contributed by atoms with van der Waals surface area (Å²) in [6.45, 7) is -0.0153. The number of carbonyl (C=O) groups excluding carboxylic acids is 1. The van der Waals surface area contributed by atoms with E-state index in [1.165, 1.54) is 30.2 Å². The maximum Gasteiger partial charge on any atom is 0.261 e. The number of nitrogens with one attached hydrogen (secondary N) is 1. The Morgan fingerprint density at radius 1 is 1.32 bits per heavy atom. The molecule has 0 atom stereocenters. The highest BCUT2D eigenvalue weighted by Gasteiger charge is 2.33. The zero-order valence-electron chi connectivity index (χ0n) is 15.1. The molecule has 1 N–H and O–H groups in total. The maximum atomic E-state index is 12.7. The van der Waals surface area contributed by atoms with Crippen LogP contribution in [-0.2, 0) is 10.0 Å². The maximum absolute atomic E-state index is 12.7. The van der Waals surface area contributed by atoms with Crippen molar-refractivity contribution in [1.82, 2.24) is 4.90 Å². The molecule has 1 amide bonds. The zero-order valence-corrected chi connectivity index (χ0v) is 17.5. The van der Waals surface area contributed by atoms with Crippen molar-refractivity contribution in [3.05, 3.63) is 52.5 Å². The third kappa shape index (κ3) is 4.46. The van der Waals surface area contributed by atoms with Crippen molar-refractivity contribution in [3.63, 3.8) is 0 Å². The van der Waals surface area contributed by atoms with Crippen molar-refractivity contribution < 1.29 is 17.9 Å². The molecule has 1 saturated carbocycles. The first-order valence-electron chi connectivity index (χ1n) is 8.50. The largest absolute Gasteiger partial charge is 0.496 e. The molecule has 28 heavy (non-hydrogen) atoms. The number of sulfonamides is 1. The summed E-state index contributed by atoms with van der Waals surface area (Å²) in [5.41, 5.74) is 0.592. The first-order chi connectivity index (χ1) is 13.4. The number of benzene rings is 2. The minimum absolute atomic E-state index is 0.0153. The van der Waals surface area contributed by atoms with Gasteiger partial charge in [-0.15, -0.1) is 0 Å². The minimum atomic E-state index is -3.90. The van der Waals surface area contributed by atoms with Crippen molar-refractivity contribution in [2.24, 2.45) is 0 Å². The van der Waals surface area contributed by atoms with Gasteiger partial charge >= 0.3 is 0 Å². The lowest BCUT2D eigenvalue weighted by Gasteiger charge is -2.19. The third-order valence-corrected chi connectivity index (χ3v) is 6.28. The molecule has 0 radical (unpaired) electrons. The van der Waals surface area contributed by atoms with E-state index in [-0.39, 0.29) is 29.0 Å². The second-order valence-electron chi connectivity index (χ2n) is 6.30. The van der Waals surface area contributed by atoms with Crippen molar-refractivity contribution >= 4 is 37.5 Å². The van der Waals surface area contributed by atoms with E-state index in [0.717, 1.165) is 12.8 Å². The summed E-state index contributed by atoms with van der Waals surface area (Å²) in [4.78, 5) is 14.2. The molecule has 9 heteroatoms. The molecule has 0 saturated heterocycles. The summed E-state index contributed by atoms with van der Waals surface area (Å²) in [7, 11) is -2.38. The van der Waals surface area contributed by atoms with Gasteiger partial charge in [0.1, 0.15) is 12.3 Å². The zero-order chi connectivity index (χ0) is 20.3. The number of amides is 1. The molecule has 0 spiro atoms. The van der Waals surface area contributed by atoms with Gasteiger partial charge in [-0.25, -0.2) is 8.42 Å². The van der Waals surface area contributed by atoms with Gasteiger partial charge in [0.25, 0.3) is 15.9 Å². The van der Waals surface area contributed by atoms with Gasteiger partial charge in [-0.05, 0) is 65.2 Å². The predicted molar refractivity (Wildman–Crippen MR) is 108 cm³/mol. The molecule has 1 aliphatic carbocycles. The highest BCUT2D eigenvalue weighted by Crippen LogP contribution is 2.30. The van der Waals surface area contributed by atoms with Crippen molar-refractivity contribution in [3.8, 4) is 11.8 Å². The number of rotatable bonds is 7. The van der Waals surface area contributed by atoms with Crippen LogP contribution in [-0.4, -0.2) is 38.9 Å². The number of carbonyl (C=O) groups is 1. The second-order valence-corrected chi connectivity index (χ2v) is 8.84. The Morgan fingerprint density at radius 3 is 2.68 bits per heavy atom. The number of hydrogen-bond donors (Lipinski definition) is 1. The fraction of sp³-hybridized carbons (Fsp3) is 0.263. The summed E-state index contributed by atoms with van der Waals surface area (Å²) in [6, 6.07) is 12.7. The lowest BCUT2D eigenvalue weighted by atomic mass is 10.2. The van der Waals surface area contributed by atoms with Crippen LogP contribution in [0.2, 0.25) is 0 Å². The second kappa shape index (κ2) is 8.20. The van der Waals surface area contributed by atoms with Crippen LogP contribution in [0, 0.1) is 11.3 Å². The lowest BCUT2D eigenvalue weighted by molar-refractivity contribution is 0.0764. The van der Waals surface area contributed by atoms with E-state index in [2.05, 4.69) is 20.7 Å². The van der Waals surface area contributed by atoms with Crippen molar-refractivity contribution in [1.29, 1.82) is 5.26 Å². The summed E-state index contributed by atoms with van der Waals surface area (Å²) in [6.07, 6.45) is 1.72. The molecule has 7 nitrogen and oxygen atoms in total. The van der Waals surface area contributed by atoms with E-state index in [0.29, 0.717) is 15.9 Å². The highest BCUT2D eigenvalue weighted by atomic mass is 79.9. The van der Waals surface area contributed by atoms with Crippen molar-refractivity contribution in [2.75, 3.05) is 18.4 Å². The molecule has 0 unspecified atom stereocenters. The van der Waals surface area contributed by atoms with Gasteiger partial charge < -0.3 is 9.64 Å². The van der Waals surface area contributed by atoms with Gasteiger partial charge in [0.15, 0.2) is 0 Å². The number of nitrogens with zero attached hydrogens (tertiary/aromatic N) is 2. The fourth-order valence-corrected chi connectivity index (χ4v) is 4.37. The van der Waals surface area contributed by atoms with Crippen LogP contribution >= 0.6 is 15.9 Å². The average Bonchev–Trinajstić information content (AvgIpc) is 3.50. The molecular weight excluding hydrogens is 446 g/mol. The predicted octanol–water partition coefficient (Wildman–Crippen LogP) is 3.39. The summed E-state index contributed by atoms with van der Waals surface area (Å²) in [5, 5.41) is 8.95. The minimum Gasteiger partial charge on any atom is -0.496 e. The fourth-order valence-electron chi connectivity index (χ4n) is 2.74. The SMILES string of the molecule is COc1ccc(NS(=O)(=O)c2cccc(C(=O)N(CC#N)C3CC3)c2)cc1Br. The Morgan fingerprint density at radius 2 is 2.07 bits per heavy atom. The Balaban J connectivity index is 1.85. The smallest absolute Gasteiger partial charge is 0.261 e. The molecule has 0 heterocycles. The van der Waals surface area contributed by atoms with E-state index in [4.69, 9.17) is 10.00 Å². The van der Waals surface area contributed by atoms with E-state index in [1.54, 1.807) is 24.3 Å². The van der Waals surface area contributed by atoms with E-state index in [9.17, 15) is 13.2 Å². The number of halogens is 1. The molecule has 0 aliphatic heterocycles. The standard InChI is InChI=1S/C19H18BrN3O4S/c1-27-18-8-5-14(12-17(18)20)22-28(25,26)16-4-2-3-13(11-16)19(24)23(10-9-21)15-6-7-15/h2-5,8,11-12,15,22H,6-7,10H2,1H3. The normalized spacial score (nSPS) is 13.5. The quantitative estimate of drug-likeness (QED) is 0.634. The van der Waals surface area contributed by atoms with Crippen LogP contribution in [0.25, 0.3) is 0 Å². The molecule has 1 aliphatic rings. The van der Waals surface area contributed by atoms with E-state index >= 15 is 0 Å².